The van der Waals surface area contributed by atoms with E-state index in [0.29, 0.717) is 80.1 Å². The van der Waals surface area contributed by atoms with Gasteiger partial charge in [-0.15, -0.1) is 0 Å². The lowest BCUT2D eigenvalue weighted by molar-refractivity contribution is -0.176. The average molecular weight is 1620 g/mol. The minimum absolute atomic E-state index is 0.000403. The second kappa shape index (κ2) is 45.5. The van der Waals surface area contributed by atoms with Crippen molar-refractivity contribution in [2.24, 2.45) is 62.6 Å². The molecule has 116 heavy (non-hydrogen) atoms. The van der Waals surface area contributed by atoms with Gasteiger partial charge in [-0.1, -0.05) is 118 Å². The highest BCUT2D eigenvalue weighted by atomic mass is 16.7. The standard InChI is InChI=1S/C28H37NO6.C21H29NO6.C20H27NO6.C19H25NO6/c1-18(30)22(10-19-4-6-21(7-5-19)25(33)34)8-9-23(31)29-35-24(32)14-28-13-20-11-26(2,16-28)15-27(3,12-20)17-28;1-14(23)17(13-15-5-7-16(8-6-15)20(26)27)9-10-18(24)22-28-19(25)11-12-21(2,3)4;1-13(22)16(11-14-5-7-15(8-6-14)19(25)26)9-10-17(23)21-27-18(24)12-20(2,3)4;1-12(2)9-18(23)26-20-17(22)8-7-15(13(3)21)10-14-5-4-6-16(11-14)19(24)25/h4-7,20,22H,8-17H2,1-3H3,(H,29,31)(H,33,34);5-8,17H,9-13H2,1-4H3,(H,22,24)(H,26,27);5-8,16H,9-12H2,1-4H3,(H,21,23)(H,25,26);4-6,11-12,15H,7-10H2,1-3H3,(H,20,22)(H,24,25). The van der Waals surface area contributed by atoms with Crippen molar-refractivity contribution in [2.45, 2.75) is 245 Å². The van der Waals surface area contributed by atoms with E-state index in [-0.39, 0.29) is 143 Å². The monoisotopic (exact) mass is 1610 g/mol. The van der Waals surface area contributed by atoms with Crippen LogP contribution in [0.5, 0.6) is 0 Å². The van der Waals surface area contributed by atoms with E-state index in [9.17, 15) is 76.7 Å². The molecule has 0 radical (unpaired) electrons. The van der Waals surface area contributed by atoms with Gasteiger partial charge in [-0.05, 0) is 234 Å². The van der Waals surface area contributed by atoms with Gasteiger partial charge < -0.3 is 39.8 Å². The summed E-state index contributed by atoms with van der Waals surface area (Å²) in [7, 11) is 0. The molecule has 6 atom stereocenters. The fourth-order valence-corrected chi connectivity index (χ4v) is 15.6. The van der Waals surface area contributed by atoms with Crippen molar-refractivity contribution in [3.8, 4) is 0 Å². The minimum atomic E-state index is -1.03. The van der Waals surface area contributed by atoms with Crippen LogP contribution in [0.4, 0.5) is 0 Å². The first kappa shape index (κ1) is 97.6. The molecule has 6 unspecified atom stereocenters. The Morgan fingerprint density at radius 3 is 1.03 bits per heavy atom. The Hall–Kier alpha value is -10.8. The molecule has 4 saturated carbocycles. The van der Waals surface area contributed by atoms with Crippen molar-refractivity contribution in [2.75, 3.05) is 0 Å². The molecule has 634 valence electrons. The van der Waals surface area contributed by atoms with Crippen LogP contribution in [0.15, 0.2) is 97.1 Å². The van der Waals surface area contributed by atoms with Gasteiger partial charge in [0.05, 0.1) is 41.5 Å². The molecule has 0 saturated heterocycles. The smallest absolute Gasteiger partial charge is 0.335 e. The molecular formula is C88H118N4O24. The van der Waals surface area contributed by atoms with E-state index < -0.39 is 71.3 Å². The van der Waals surface area contributed by atoms with Gasteiger partial charge in [0.2, 0.25) is 0 Å². The third-order valence-corrected chi connectivity index (χ3v) is 20.6. The normalized spacial score (nSPS) is 17.9. The number of carboxylic acid groups (broad SMARTS) is 4. The van der Waals surface area contributed by atoms with E-state index in [1.54, 1.807) is 48.5 Å². The Balaban J connectivity index is 0.000000328. The fraction of sp³-hybridized carbons (Fsp3) is 0.545. The summed E-state index contributed by atoms with van der Waals surface area (Å²) in [5.41, 5.74) is 12.9. The number of aromatic carboxylic acids is 4. The van der Waals surface area contributed by atoms with Crippen LogP contribution in [-0.4, -0.2) is 115 Å². The second-order valence-electron chi connectivity index (χ2n) is 34.9. The van der Waals surface area contributed by atoms with E-state index in [1.165, 1.54) is 95.5 Å². The summed E-state index contributed by atoms with van der Waals surface area (Å²) < 4.78 is 0. The third-order valence-electron chi connectivity index (χ3n) is 20.6. The van der Waals surface area contributed by atoms with Crippen molar-refractivity contribution in [1.29, 1.82) is 0 Å². The van der Waals surface area contributed by atoms with Crippen LogP contribution in [0.2, 0.25) is 0 Å². The van der Waals surface area contributed by atoms with Gasteiger partial charge in [-0.3, -0.25) is 38.4 Å². The molecule has 8 N–H and O–H groups in total. The summed E-state index contributed by atoms with van der Waals surface area (Å²) in [6, 6.07) is 25.3. The van der Waals surface area contributed by atoms with Crippen molar-refractivity contribution in [3.05, 3.63) is 142 Å². The molecule has 4 bridgehead atoms. The van der Waals surface area contributed by atoms with Crippen LogP contribution in [0.3, 0.4) is 0 Å². The van der Waals surface area contributed by atoms with Crippen LogP contribution in [0, 0.1) is 62.6 Å². The van der Waals surface area contributed by atoms with Gasteiger partial charge in [0, 0.05) is 55.8 Å². The van der Waals surface area contributed by atoms with Crippen molar-refractivity contribution in [1.82, 2.24) is 21.9 Å². The Morgan fingerprint density at radius 2 is 0.724 bits per heavy atom. The number of Topliss-reactive ketones (excluding diaryl/α,β-unsaturated/α-hetero) is 4. The first-order chi connectivity index (χ1) is 54.0. The highest BCUT2D eigenvalue weighted by molar-refractivity contribution is 5.90. The molecule has 0 heterocycles. The van der Waals surface area contributed by atoms with E-state index >= 15 is 0 Å². The quantitative estimate of drug-likeness (QED) is 0.0157. The Morgan fingerprint density at radius 1 is 0.397 bits per heavy atom. The first-order valence-electron chi connectivity index (χ1n) is 39.3. The summed E-state index contributed by atoms with van der Waals surface area (Å²) in [6.45, 7) is 26.0. The summed E-state index contributed by atoms with van der Waals surface area (Å²) in [5, 5.41) is 35.9. The van der Waals surface area contributed by atoms with Gasteiger partial charge >= 0.3 is 47.8 Å². The van der Waals surface area contributed by atoms with Crippen LogP contribution >= 0.6 is 0 Å². The maximum atomic E-state index is 12.7. The number of carboxylic acids is 4. The summed E-state index contributed by atoms with van der Waals surface area (Å²) >= 11 is 0. The predicted octanol–water partition coefficient (Wildman–Crippen LogP) is 13.6. The number of hydroxylamine groups is 4. The van der Waals surface area contributed by atoms with E-state index in [0.717, 1.165) is 36.0 Å². The minimum Gasteiger partial charge on any atom is -0.478 e. The molecule has 0 aromatic heterocycles. The number of carbonyl (C=O) groups excluding carboxylic acids is 12. The van der Waals surface area contributed by atoms with Gasteiger partial charge in [0.15, 0.2) is 0 Å². The second-order valence-corrected chi connectivity index (χ2v) is 34.9. The molecule has 4 aliphatic carbocycles. The number of nitrogens with one attached hydrogen (secondary N) is 4. The molecule has 4 aromatic carbocycles. The van der Waals surface area contributed by atoms with Crippen molar-refractivity contribution in [3.63, 3.8) is 0 Å². The van der Waals surface area contributed by atoms with E-state index in [4.69, 9.17) is 34.9 Å². The summed E-state index contributed by atoms with van der Waals surface area (Å²) in [4.78, 5) is 206. The van der Waals surface area contributed by atoms with Crippen LogP contribution in [-0.2, 0) is 103 Å². The topological polar surface area (TPSA) is 439 Å². The van der Waals surface area contributed by atoms with Gasteiger partial charge in [0.1, 0.15) is 23.1 Å². The van der Waals surface area contributed by atoms with Crippen molar-refractivity contribution >= 4 is 94.5 Å². The predicted molar refractivity (Wildman–Crippen MR) is 426 cm³/mol. The molecule has 0 aliphatic heterocycles. The molecule has 4 amide bonds. The molecule has 4 fully saturated rings. The van der Waals surface area contributed by atoms with Gasteiger partial charge in [0.25, 0.3) is 23.6 Å². The SMILES string of the molecule is CC(=O)C(CCC(=O)NOC(=O)CC(C)(C)C)Cc1ccc(C(=O)O)cc1.CC(=O)C(CCC(=O)NOC(=O)CC(C)C)Cc1cccc(C(=O)O)c1.CC(=O)C(CCC(=O)NOC(=O)CC12CC3CC(C)(CC(C)(C3)C1)C2)Cc1ccc(C(=O)O)cc1.CC(=O)C(CCC(=O)NOC(=O)CCC(C)(C)C)Cc1ccc(C(=O)O)cc1. The highest BCUT2D eigenvalue weighted by Gasteiger charge is 2.60. The number of hydrogen-bond acceptors (Lipinski definition) is 20. The Bertz CT molecular complexity index is 4100. The zero-order chi connectivity index (χ0) is 87.1. The average Bonchev–Trinajstić information content (AvgIpc) is 0.711. The lowest BCUT2D eigenvalue weighted by atomic mass is 9.40. The van der Waals surface area contributed by atoms with E-state index in [2.05, 4.69) is 40.6 Å². The molecule has 4 aliphatic rings. The Kier molecular flexibility index (Phi) is 38.3. The molecular weight excluding hydrogens is 1500 g/mol. The maximum absolute atomic E-state index is 12.7. The Labute approximate surface area is 678 Å². The largest absolute Gasteiger partial charge is 0.478 e. The lowest BCUT2D eigenvalue weighted by Gasteiger charge is -2.65. The number of ketones is 4. The number of amides is 4. The molecule has 0 spiro atoms. The molecule has 28 nitrogen and oxygen atoms in total. The number of benzene rings is 4. The molecule has 8 rings (SSSR count). The lowest BCUT2D eigenvalue weighted by Crippen LogP contribution is -2.55. The first-order valence-corrected chi connectivity index (χ1v) is 39.3. The molecule has 4 aromatic rings. The van der Waals surface area contributed by atoms with Gasteiger partial charge in [-0.2, -0.15) is 21.9 Å². The van der Waals surface area contributed by atoms with E-state index in [1.807, 2.05) is 55.4 Å². The number of rotatable bonds is 35. The number of hydrogen-bond donors (Lipinski definition) is 8. The van der Waals surface area contributed by atoms with Crippen LogP contribution in [0.1, 0.15) is 283 Å². The van der Waals surface area contributed by atoms with Crippen LogP contribution < -0.4 is 21.9 Å². The summed E-state index contributed by atoms with van der Waals surface area (Å²) in [6.07, 6.45) is 11.5. The zero-order valence-electron chi connectivity index (χ0n) is 69.4. The van der Waals surface area contributed by atoms with Crippen LogP contribution in [0.25, 0.3) is 0 Å². The fourth-order valence-electron chi connectivity index (χ4n) is 15.6. The third kappa shape index (κ3) is 37.2. The maximum Gasteiger partial charge on any atom is 0.335 e. The summed E-state index contributed by atoms with van der Waals surface area (Å²) in [5.74, 6) is -8.77. The highest BCUT2D eigenvalue weighted by Crippen LogP contribution is 2.70. The number of carbonyl (C=O) groups is 16. The van der Waals surface area contributed by atoms with Gasteiger partial charge in [-0.25, -0.2) is 38.4 Å². The molecule has 28 heteroatoms. The zero-order valence-corrected chi connectivity index (χ0v) is 69.4. The van der Waals surface area contributed by atoms with Crippen molar-refractivity contribution < 1.29 is 116 Å².